The van der Waals surface area contributed by atoms with Crippen LogP contribution in [0.5, 0.6) is 0 Å². The molecule has 0 spiro atoms. The largest absolute Gasteiger partial charge is 0.399 e. The Kier molecular flexibility index (Phi) is 2.47. The van der Waals surface area contributed by atoms with Crippen molar-refractivity contribution in [2.75, 3.05) is 0 Å². The number of rotatable bonds is 1. The molecule has 0 aromatic carbocycles. The zero-order chi connectivity index (χ0) is 11.8. The summed E-state index contributed by atoms with van der Waals surface area (Å²) in [5.74, 6) is 0.674. The van der Waals surface area contributed by atoms with Crippen molar-refractivity contribution in [3.05, 3.63) is 41.9 Å². The summed E-state index contributed by atoms with van der Waals surface area (Å²) in [6, 6.07) is -0.222. The predicted octanol–water partition coefficient (Wildman–Crippen LogP) is 0.259. The first-order chi connectivity index (χ1) is 7.55. The number of hydrogen-bond donors (Lipinski definition) is 2. The molecule has 0 amide bonds. The molecule has 2 rings (SSSR count). The van der Waals surface area contributed by atoms with Gasteiger partial charge in [-0.25, -0.2) is 15.0 Å². The van der Waals surface area contributed by atoms with Crippen LogP contribution < -0.4 is 11.5 Å². The smallest absolute Gasteiger partial charge is 0.143 e. The van der Waals surface area contributed by atoms with E-state index in [9.17, 15) is 0 Å². The molecular weight excluding hydrogens is 202 g/mol. The van der Waals surface area contributed by atoms with Gasteiger partial charge >= 0.3 is 0 Å². The van der Waals surface area contributed by atoms with Crippen LogP contribution >= 0.6 is 0 Å². The maximum Gasteiger partial charge on any atom is 0.143 e. The lowest BCUT2D eigenvalue weighted by Gasteiger charge is -2.36. The van der Waals surface area contributed by atoms with Gasteiger partial charge in [0.05, 0.1) is 5.41 Å². The first-order valence-electron chi connectivity index (χ1n) is 5.09. The van der Waals surface area contributed by atoms with Gasteiger partial charge in [-0.2, -0.15) is 0 Å². The van der Waals surface area contributed by atoms with Crippen LogP contribution in [0.1, 0.15) is 19.7 Å². The molecule has 0 saturated carbocycles. The van der Waals surface area contributed by atoms with E-state index in [2.05, 4.69) is 15.0 Å². The SMILES string of the molecule is CC1=CC(N)=CC(N)C1(C)c1ncncn1. The molecule has 1 aliphatic carbocycles. The van der Waals surface area contributed by atoms with E-state index in [1.165, 1.54) is 12.7 Å². The van der Waals surface area contributed by atoms with Crippen LogP contribution in [0.25, 0.3) is 0 Å². The van der Waals surface area contributed by atoms with Crippen molar-refractivity contribution < 1.29 is 0 Å². The third-order valence-corrected chi connectivity index (χ3v) is 3.20. The molecular formula is C11H15N5. The van der Waals surface area contributed by atoms with Gasteiger partial charge < -0.3 is 11.5 Å². The maximum absolute atomic E-state index is 6.13. The minimum Gasteiger partial charge on any atom is -0.399 e. The van der Waals surface area contributed by atoms with Gasteiger partial charge in [0, 0.05) is 11.7 Å². The number of hydrogen-bond acceptors (Lipinski definition) is 5. The zero-order valence-corrected chi connectivity index (χ0v) is 9.38. The van der Waals surface area contributed by atoms with Gasteiger partial charge in [0.2, 0.25) is 0 Å². The van der Waals surface area contributed by atoms with Crippen LogP contribution in [-0.2, 0) is 5.41 Å². The van der Waals surface area contributed by atoms with Crippen molar-refractivity contribution in [1.29, 1.82) is 0 Å². The number of allylic oxidation sites excluding steroid dienone is 1. The molecule has 1 heterocycles. The lowest BCUT2D eigenvalue weighted by molar-refractivity contribution is 0.454. The molecule has 5 heteroatoms. The third-order valence-electron chi connectivity index (χ3n) is 3.20. The summed E-state index contributed by atoms with van der Waals surface area (Å²) in [7, 11) is 0. The second-order valence-corrected chi connectivity index (χ2v) is 4.18. The van der Waals surface area contributed by atoms with Gasteiger partial charge in [-0.05, 0) is 26.0 Å². The highest BCUT2D eigenvalue weighted by molar-refractivity contribution is 5.41. The standard InChI is InChI=1S/C11H15N5/c1-7-3-8(12)4-9(13)11(7,2)10-15-5-14-6-16-10/h3-6,9H,12-13H2,1-2H3. The van der Waals surface area contributed by atoms with Crippen molar-refractivity contribution in [3.63, 3.8) is 0 Å². The molecule has 1 aliphatic rings. The van der Waals surface area contributed by atoms with E-state index in [0.717, 1.165) is 5.57 Å². The van der Waals surface area contributed by atoms with Crippen molar-refractivity contribution in [3.8, 4) is 0 Å². The minimum atomic E-state index is -0.411. The maximum atomic E-state index is 6.13. The van der Waals surface area contributed by atoms with Gasteiger partial charge in [-0.15, -0.1) is 0 Å². The Bertz CT molecular complexity index is 451. The quantitative estimate of drug-likeness (QED) is 0.704. The summed E-state index contributed by atoms with van der Waals surface area (Å²) in [4.78, 5) is 12.2. The fourth-order valence-corrected chi connectivity index (χ4v) is 1.92. The van der Waals surface area contributed by atoms with Crippen molar-refractivity contribution in [2.24, 2.45) is 11.5 Å². The second kappa shape index (κ2) is 3.68. The van der Waals surface area contributed by atoms with Crippen LogP contribution in [-0.4, -0.2) is 21.0 Å². The van der Waals surface area contributed by atoms with Gasteiger partial charge in [0.25, 0.3) is 0 Å². The highest BCUT2D eigenvalue weighted by atomic mass is 15.0. The third kappa shape index (κ3) is 1.49. The molecule has 84 valence electrons. The molecule has 0 radical (unpaired) electrons. The Morgan fingerprint density at radius 3 is 2.50 bits per heavy atom. The minimum absolute atomic E-state index is 0.222. The zero-order valence-electron chi connectivity index (χ0n) is 9.38. The fraction of sp³-hybridized carbons (Fsp3) is 0.364. The topological polar surface area (TPSA) is 90.7 Å². The molecule has 16 heavy (non-hydrogen) atoms. The molecule has 0 bridgehead atoms. The summed E-state index contributed by atoms with van der Waals surface area (Å²) >= 11 is 0. The van der Waals surface area contributed by atoms with Gasteiger partial charge in [-0.3, -0.25) is 0 Å². The first kappa shape index (κ1) is 10.8. The lowest BCUT2D eigenvalue weighted by atomic mass is 9.72. The predicted molar refractivity (Wildman–Crippen MR) is 61.2 cm³/mol. The number of nitrogens with zero attached hydrogens (tertiary/aromatic N) is 3. The second-order valence-electron chi connectivity index (χ2n) is 4.18. The van der Waals surface area contributed by atoms with E-state index in [-0.39, 0.29) is 6.04 Å². The monoisotopic (exact) mass is 217 g/mol. The summed E-state index contributed by atoms with van der Waals surface area (Å²) < 4.78 is 0. The van der Waals surface area contributed by atoms with Crippen LogP contribution in [0, 0.1) is 0 Å². The lowest BCUT2D eigenvalue weighted by Crippen LogP contribution is -2.46. The van der Waals surface area contributed by atoms with Gasteiger partial charge in [-0.1, -0.05) is 5.57 Å². The van der Waals surface area contributed by atoms with Gasteiger partial charge in [0.15, 0.2) is 0 Å². The molecule has 0 fully saturated rings. The summed E-state index contributed by atoms with van der Waals surface area (Å²) in [5, 5.41) is 0. The Hall–Kier alpha value is -1.75. The van der Waals surface area contributed by atoms with Gasteiger partial charge in [0.1, 0.15) is 18.5 Å². The molecule has 2 unspecified atom stereocenters. The number of aromatic nitrogens is 3. The van der Waals surface area contributed by atoms with Crippen molar-refractivity contribution >= 4 is 0 Å². The Morgan fingerprint density at radius 2 is 1.94 bits per heavy atom. The van der Waals surface area contributed by atoms with E-state index < -0.39 is 5.41 Å². The molecule has 4 N–H and O–H groups in total. The normalized spacial score (nSPS) is 29.6. The highest BCUT2D eigenvalue weighted by Crippen LogP contribution is 2.35. The average molecular weight is 217 g/mol. The van der Waals surface area contributed by atoms with E-state index in [1.807, 2.05) is 26.0 Å². The van der Waals surface area contributed by atoms with Crippen LogP contribution in [0.3, 0.4) is 0 Å². The highest BCUT2D eigenvalue weighted by Gasteiger charge is 2.39. The van der Waals surface area contributed by atoms with E-state index in [1.54, 1.807) is 0 Å². The molecule has 0 aliphatic heterocycles. The first-order valence-corrected chi connectivity index (χ1v) is 5.09. The summed E-state index contributed by atoms with van der Waals surface area (Å²) in [6.45, 7) is 4.01. The molecule has 0 saturated heterocycles. The van der Waals surface area contributed by atoms with Crippen LogP contribution in [0.15, 0.2) is 36.1 Å². The Morgan fingerprint density at radius 1 is 1.31 bits per heavy atom. The van der Waals surface area contributed by atoms with E-state index in [4.69, 9.17) is 11.5 Å². The Labute approximate surface area is 94.3 Å². The Balaban J connectivity index is 2.51. The number of nitrogens with two attached hydrogens (primary N) is 2. The van der Waals surface area contributed by atoms with E-state index >= 15 is 0 Å². The molecule has 2 atom stereocenters. The fourth-order valence-electron chi connectivity index (χ4n) is 1.92. The summed E-state index contributed by atoms with van der Waals surface area (Å²) in [5.41, 5.74) is 13.2. The van der Waals surface area contributed by atoms with Crippen LogP contribution in [0.2, 0.25) is 0 Å². The van der Waals surface area contributed by atoms with Crippen LogP contribution in [0.4, 0.5) is 0 Å². The summed E-state index contributed by atoms with van der Waals surface area (Å²) in [6.07, 6.45) is 6.70. The molecule has 1 aromatic rings. The average Bonchev–Trinajstić information content (AvgIpc) is 2.27. The molecule has 1 aromatic heterocycles. The van der Waals surface area contributed by atoms with E-state index in [0.29, 0.717) is 11.5 Å². The van der Waals surface area contributed by atoms with Crippen molar-refractivity contribution in [2.45, 2.75) is 25.3 Å². The molecule has 5 nitrogen and oxygen atoms in total. The van der Waals surface area contributed by atoms with Crippen molar-refractivity contribution in [1.82, 2.24) is 15.0 Å².